The van der Waals surface area contributed by atoms with Gasteiger partial charge in [0.15, 0.2) is 0 Å². The van der Waals surface area contributed by atoms with Crippen molar-refractivity contribution in [2.45, 2.75) is 13.1 Å². The zero-order valence-electron chi connectivity index (χ0n) is 9.53. The van der Waals surface area contributed by atoms with Gasteiger partial charge in [-0.3, -0.25) is 9.69 Å². The number of hydrogen-bond acceptors (Lipinski definition) is 2. The van der Waals surface area contributed by atoms with Crippen molar-refractivity contribution in [3.8, 4) is 0 Å². The van der Waals surface area contributed by atoms with E-state index in [9.17, 15) is 4.79 Å². The Hall–Kier alpha value is -1.61. The second-order valence-electron chi connectivity index (χ2n) is 4.51. The number of hydrogen-bond donors (Lipinski definition) is 0. The van der Waals surface area contributed by atoms with E-state index in [0.717, 1.165) is 29.6 Å². The normalized spacial score (nSPS) is 15.6. The van der Waals surface area contributed by atoms with Crippen LogP contribution in [0.3, 0.4) is 0 Å². The van der Waals surface area contributed by atoms with Crippen molar-refractivity contribution in [3.63, 3.8) is 0 Å². The van der Waals surface area contributed by atoms with Crippen molar-refractivity contribution in [2.75, 3.05) is 7.05 Å². The van der Waals surface area contributed by atoms with Gasteiger partial charge < -0.3 is 4.57 Å². The van der Waals surface area contributed by atoms with Crippen molar-refractivity contribution < 1.29 is 0 Å². The zero-order chi connectivity index (χ0) is 11.3. The molecule has 0 amide bonds. The Kier molecular flexibility index (Phi) is 1.91. The summed E-state index contributed by atoms with van der Waals surface area (Å²) in [6, 6.07) is 7.89. The van der Waals surface area contributed by atoms with Gasteiger partial charge in [0.05, 0.1) is 0 Å². The van der Waals surface area contributed by atoms with E-state index >= 15 is 0 Å². The lowest BCUT2D eigenvalue weighted by molar-refractivity contribution is 0.349. The minimum absolute atomic E-state index is 0.115. The average molecular weight is 214 g/mol. The molecular formula is C13H14N2O. The Morgan fingerprint density at radius 2 is 1.75 bits per heavy atom. The summed E-state index contributed by atoms with van der Waals surface area (Å²) < 4.78 is 1.79. The van der Waals surface area contributed by atoms with Crippen LogP contribution in [0.15, 0.2) is 29.1 Å². The van der Waals surface area contributed by atoms with Gasteiger partial charge >= 0.3 is 0 Å². The van der Waals surface area contributed by atoms with E-state index < -0.39 is 0 Å². The standard InChI is InChI=1S/C13H14N2O/c1-14-7-11-9-5-3-4-6-10(9)13(16)15(2)12(11)8-14/h3-6H,7-8H2,1-2H3. The minimum atomic E-state index is 0.115. The molecule has 2 heterocycles. The third-order valence-corrected chi connectivity index (χ3v) is 3.39. The maximum absolute atomic E-state index is 12.1. The van der Waals surface area contributed by atoms with E-state index in [1.54, 1.807) is 4.57 Å². The number of aromatic nitrogens is 1. The van der Waals surface area contributed by atoms with Gasteiger partial charge in [-0.15, -0.1) is 0 Å². The molecule has 2 aromatic rings. The van der Waals surface area contributed by atoms with E-state index in [1.165, 1.54) is 5.56 Å². The SMILES string of the molecule is CN1Cc2c(n(C)c(=O)c3ccccc23)C1. The highest BCUT2D eigenvalue weighted by Gasteiger charge is 2.21. The van der Waals surface area contributed by atoms with Gasteiger partial charge in [-0.25, -0.2) is 0 Å². The van der Waals surface area contributed by atoms with Crippen LogP contribution >= 0.6 is 0 Å². The lowest BCUT2D eigenvalue weighted by atomic mass is 10.1. The molecule has 0 unspecified atom stereocenters. The predicted molar refractivity (Wildman–Crippen MR) is 64.4 cm³/mol. The third kappa shape index (κ3) is 1.15. The molecule has 1 aromatic heterocycles. The fourth-order valence-electron chi connectivity index (χ4n) is 2.55. The highest BCUT2D eigenvalue weighted by Crippen LogP contribution is 2.26. The van der Waals surface area contributed by atoms with Crippen LogP contribution in [0.25, 0.3) is 10.8 Å². The fraction of sp³-hybridized carbons (Fsp3) is 0.308. The lowest BCUT2D eigenvalue weighted by Gasteiger charge is -2.09. The van der Waals surface area contributed by atoms with E-state index in [1.807, 2.05) is 25.2 Å². The molecule has 0 fully saturated rings. The maximum Gasteiger partial charge on any atom is 0.258 e. The zero-order valence-corrected chi connectivity index (χ0v) is 9.53. The predicted octanol–water partition coefficient (Wildman–Crippen LogP) is 1.48. The molecule has 16 heavy (non-hydrogen) atoms. The van der Waals surface area contributed by atoms with E-state index in [2.05, 4.69) is 18.0 Å². The van der Waals surface area contributed by atoms with Crippen LogP contribution in [-0.4, -0.2) is 16.5 Å². The van der Waals surface area contributed by atoms with Gasteiger partial charge in [-0.1, -0.05) is 18.2 Å². The van der Waals surface area contributed by atoms with Crippen LogP contribution in [0.5, 0.6) is 0 Å². The Labute approximate surface area is 93.9 Å². The Morgan fingerprint density at radius 1 is 1.06 bits per heavy atom. The summed E-state index contributed by atoms with van der Waals surface area (Å²) in [6.45, 7) is 1.80. The summed E-state index contributed by atoms with van der Waals surface area (Å²) in [7, 11) is 3.95. The lowest BCUT2D eigenvalue weighted by Crippen LogP contribution is -2.21. The molecule has 0 aliphatic carbocycles. The average Bonchev–Trinajstić information content (AvgIpc) is 2.68. The number of benzene rings is 1. The van der Waals surface area contributed by atoms with Gasteiger partial charge in [0.1, 0.15) is 0 Å². The van der Waals surface area contributed by atoms with E-state index in [4.69, 9.17) is 0 Å². The first-order valence-corrected chi connectivity index (χ1v) is 5.46. The van der Waals surface area contributed by atoms with Crippen molar-refractivity contribution >= 4 is 10.8 Å². The van der Waals surface area contributed by atoms with E-state index in [0.29, 0.717) is 0 Å². The first-order chi connectivity index (χ1) is 7.68. The minimum Gasteiger partial charge on any atom is -0.314 e. The van der Waals surface area contributed by atoms with Crippen molar-refractivity contribution in [1.82, 2.24) is 9.47 Å². The summed E-state index contributed by atoms with van der Waals surface area (Å²) in [5.74, 6) is 0. The third-order valence-electron chi connectivity index (χ3n) is 3.39. The Balaban J connectivity index is 2.49. The number of nitrogens with zero attached hydrogens (tertiary/aromatic N) is 2. The summed E-state index contributed by atoms with van der Waals surface area (Å²) in [5.41, 5.74) is 2.58. The molecule has 1 aromatic carbocycles. The topological polar surface area (TPSA) is 25.2 Å². The smallest absolute Gasteiger partial charge is 0.258 e. The molecule has 82 valence electrons. The second-order valence-corrected chi connectivity index (χ2v) is 4.51. The van der Waals surface area contributed by atoms with Crippen LogP contribution in [0, 0.1) is 0 Å². The molecule has 3 heteroatoms. The largest absolute Gasteiger partial charge is 0.314 e. The maximum atomic E-state index is 12.1. The fourth-order valence-corrected chi connectivity index (χ4v) is 2.55. The quantitative estimate of drug-likeness (QED) is 0.663. The second kappa shape index (κ2) is 3.19. The van der Waals surface area contributed by atoms with E-state index in [-0.39, 0.29) is 5.56 Å². The van der Waals surface area contributed by atoms with Gasteiger partial charge in [0.25, 0.3) is 5.56 Å². The monoisotopic (exact) mass is 214 g/mol. The van der Waals surface area contributed by atoms with Crippen LogP contribution in [0.2, 0.25) is 0 Å². The molecule has 0 bridgehead atoms. The van der Waals surface area contributed by atoms with Crippen molar-refractivity contribution in [3.05, 3.63) is 45.9 Å². The first kappa shape index (κ1) is 9.60. The van der Waals surface area contributed by atoms with Gasteiger partial charge in [0.2, 0.25) is 0 Å². The van der Waals surface area contributed by atoms with Crippen LogP contribution in [-0.2, 0) is 20.1 Å². The van der Waals surface area contributed by atoms with Crippen LogP contribution in [0.1, 0.15) is 11.3 Å². The molecular weight excluding hydrogens is 200 g/mol. The number of pyridine rings is 1. The molecule has 0 N–H and O–H groups in total. The molecule has 1 aliphatic rings. The van der Waals surface area contributed by atoms with Crippen molar-refractivity contribution in [2.24, 2.45) is 7.05 Å². The molecule has 0 saturated heterocycles. The van der Waals surface area contributed by atoms with Gasteiger partial charge in [0, 0.05) is 31.2 Å². The number of fused-ring (bicyclic) bond motifs is 3. The summed E-state index contributed by atoms with van der Waals surface area (Å²) in [6.07, 6.45) is 0. The van der Waals surface area contributed by atoms with Crippen LogP contribution in [0.4, 0.5) is 0 Å². The highest BCUT2D eigenvalue weighted by atomic mass is 16.1. The first-order valence-electron chi connectivity index (χ1n) is 5.46. The summed E-state index contributed by atoms with van der Waals surface area (Å²) in [5, 5.41) is 1.95. The molecule has 0 atom stereocenters. The molecule has 0 spiro atoms. The number of rotatable bonds is 0. The Bertz CT molecular complexity index is 628. The summed E-state index contributed by atoms with van der Waals surface area (Å²) in [4.78, 5) is 14.4. The molecule has 1 aliphatic heterocycles. The summed E-state index contributed by atoms with van der Waals surface area (Å²) >= 11 is 0. The molecule has 3 nitrogen and oxygen atoms in total. The highest BCUT2D eigenvalue weighted by molar-refractivity contribution is 5.85. The Morgan fingerprint density at radius 3 is 2.50 bits per heavy atom. The van der Waals surface area contributed by atoms with Gasteiger partial charge in [-0.2, -0.15) is 0 Å². The molecule has 0 radical (unpaired) electrons. The van der Waals surface area contributed by atoms with Crippen LogP contribution < -0.4 is 5.56 Å². The molecule has 0 saturated carbocycles. The molecule has 3 rings (SSSR count). The van der Waals surface area contributed by atoms with Gasteiger partial charge in [-0.05, 0) is 24.1 Å². The van der Waals surface area contributed by atoms with Crippen molar-refractivity contribution in [1.29, 1.82) is 0 Å².